The molecule has 0 atom stereocenters. The first-order valence-corrected chi connectivity index (χ1v) is 5.31. The Balaban J connectivity index is 2.11. The molecule has 5 nitrogen and oxygen atoms in total. The predicted octanol–water partition coefficient (Wildman–Crippen LogP) is 1.63. The van der Waals surface area contributed by atoms with Crippen LogP contribution in [-0.4, -0.2) is 9.78 Å². The molecule has 0 amide bonds. The molecule has 0 spiro atoms. The Morgan fingerprint density at radius 1 is 1.56 bits per heavy atom. The third kappa shape index (κ3) is 2.25. The molecule has 1 heterocycles. The zero-order valence-electron chi connectivity index (χ0n) is 9.81. The summed E-state index contributed by atoms with van der Waals surface area (Å²) in [5, 5.41) is 15.5. The molecule has 0 bridgehead atoms. The summed E-state index contributed by atoms with van der Waals surface area (Å²) < 4.78 is 15.1. The van der Waals surface area contributed by atoms with Crippen molar-refractivity contribution in [1.82, 2.24) is 9.78 Å². The maximum absolute atomic E-state index is 13.6. The normalized spacial score (nSPS) is 10.1. The van der Waals surface area contributed by atoms with Gasteiger partial charge in [0, 0.05) is 19.2 Å². The van der Waals surface area contributed by atoms with Crippen molar-refractivity contribution in [3.8, 4) is 6.07 Å². The van der Waals surface area contributed by atoms with Crippen LogP contribution in [0, 0.1) is 17.1 Å². The van der Waals surface area contributed by atoms with Crippen LogP contribution in [0.2, 0.25) is 0 Å². The molecule has 0 fully saturated rings. The second kappa shape index (κ2) is 4.75. The topological polar surface area (TPSA) is 79.7 Å². The molecule has 0 saturated carbocycles. The minimum atomic E-state index is -0.462. The fourth-order valence-electron chi connectivity index (χ4n) is 1.55. The number of nitrogen functional groups attached to an aromatic ring is 1. The number of benzene rings is 1. The number of halogens is 1. The van der Waals surface area contributed by atoms with Gasteiger partial charge in [0.15, 0.2) is 0 Å². The number of hydrogen-bond acceptors (Lipinski definition) is 4. The van der Waals surface area contributed by atoms with Crippen molar-refractivity contribution >= 4 is 11.5 Å². The fraction of sp³-hybridized carbons (Fsp3) is 0.167. The van der Waals surface area contributed by atoms with Crippen LogP contribution in [-0.2, 0) is 13.6 Å². The van der Waals surface area contributed by atoms with Gasteiger partial charge in [-0.3, -0.25) is 4.68 Å². The van der Waals surface area contributed by atoms with Gasteiger partial charge >= 0.3 is 0 Å². The molecule has 18 heavy (non-hydrogen) atoms. The quantitative estimate of drug-likeness (QED) is 0.861. The van der Waals surface area contributed by atoms with Gasteiger partial charge in [-0.15, -0.1) is 0 Å². The summed E-state index contributed by atoms with van der Waals surface area (Å²) in [6, 6.07) is 6.15. The van der Waals surface area contributed by atoms with E-state index in [-0.39, 0.29) is 0 Å². The van der Waals surface area contributed by atoms with E-state index in [4.69, 9.17) is 11.0 Å². The Morgan fingerprint density at radius 2 is 2.33 bits per heavy atom. The molecule has 6 heteroatoms. The predicted molar refractivity (Wildman–Crippen MR) is 66.1 cm³/mol. The number of aryl methyl sites for hydroxylation is 1. The van der Waals surface area contributed by atoms with Crippen LogP contribution in [0.1, 0.15) is 11.1 Å². The Kier molecular flexibility index (Phi) is 3.15. The molecule has 0 unspecified atom stereocenters. The summed E-state index contributed by atoms with van der Waals surface area (Å²) in [5.74, 6) is 0.0769. The lowest BCUT2D eigenvalue weighted by atomic mass is 10.2. The molecule has 2 aromatic rings. The second-order valence-electron chi connectivity index (χ2n) is 3.84. The first-order valence-electron chi connectivity index (χ1n) is 5.31. The Morgan fingerprint density at radius 3 is 2.89 bits per heavy atom. The van der Waals surface area contributed by atoms with E-state index >= 15 is 0 Å². The van der Waals surface area contributed by atoms with Crippen molar-refractivity contribution in [2.75, 3.05) is 11.1 Å². The van der Waals surface area contributed by atoms with Crippen LogP contribution in [0.15, 0.2) is 24.4 Å². The average Bonchev–Trinajstić information content (AvgIpc) is 2.68. The molecule has 2 rings (SSSR count). The lowest BCUT2D eigenvalue weighted by Crippen LogP contribution is -2.05. The summed E-state index contributed by atoms with van der Waals surface area (Å²) in [6.45, 7) is 0.377. The standard InChI is InChI=1S/C12H12FN5/c1-18-12(15)9(7-17-18)6-16-11-3-2-8(5-14)4-10(11)13/h2-4,7,16H,6,15H2,1H3. The van der Waals surface area contributed by atoms with E-state index < -0.39 is 5.82 Å². The van der Waals surface area contributed by atoms with Gasteiger partial charge in [-0.2, -0.15) is 10.4 Å². The number of nitrogens with two attached hydrogens (primary N) is 1. The van der Waals surface area contributed by atoms with Gasteiger partial charge in [0.1, 0.15) is 11.6 Å². The lowest BCUT2D eigenvalue weighted by molar-refractivity contribution is 0.629. The van der Waals surface area contributed by atoms with Crippen LogP contribution < -0.4 is 11.1 Å². The molecule has 1 aromatic heterocycles. The molecule has 92 valence electrons. The van der Waals surface area contributed by atoms with Crippen molar-refractivity contribution in [1.29, 1.82) is 5.26 Å². The highest BCUT2D eigenvalue weighted by molar-refractivity contribution is 5.50. The Hall–Kier alpha value is -2.55. The van der Waals surface area contributed by atoms with Gasteiger partial charge in [-0.05, 0) is 18.2 Å². The van der Waals surface area contributed by atoms with Crippen LogP contribution in [0.3, 0.4) is 0 Å². The van der Waals surface area contributed by atoms with Crippen LogP contribution in [0.25, 0.3) is 0 Å². The van der Waals surface area contributed by atoms with Crippen LogP contribution >= 0.6 is 0 Å². The molecule has 1 aromatic carbocycles. The van der Waals surface area contributed by atoms with E-state index in [9.17, 15) is 4.39 Å². The number of nitrogens with one attached hydrogen (secondary N) is 1. The second-order valence-corrected chi connectivity index (χ2v) is 3.84. The fourth-order valence-corrected chi connectivity index (χ4v) is 1.55. The van der Waals surface area contributed by atoms with Crippen molar-refractivity contribution in [2.45, 2.75) is 6.54 Å². The first-order chi connectivity index (χ1) is 8.61. The van der Waals surface area contributed by atoms with E-state index in [0.717, 1.165) is 5.56 Å². The highest BCUT2D eigenvalue weighted by Crippen LogP contribution is 2.17. The van der Waals surface area contributed by atoms with E-state index in [0.29, 0.717) is 23.6 Å². The number of nitrogens with zero attached hydrogens (tertiary/aromatic N) is 3. The summed E-state index contributed by atoms with van der Waals surface area (Å²) in [5.41, 5.74) is 7.19. The minimum absolute atomic E-state index is 0.291. The van der Waals surface area contributed by atoms with Crippen LogP contribution in [0.5, 0.6) is 0 Å². The van der Waals surface area contributed by atoms with Gasteiger partial charge in [-0.25, -0.2) is 4.39 Å². The monoisotopic (exact) mass is 245 g/mol. The summed E-state index contributed by atoms with van der Waals surface area (Å²) in [7, 11) is 1.74. The summed E-state index contributed by atoms with van der Waals surface area (Å²) in [6.07, 6.45) is 1.63. The van der Waals surface area contributed by atoms with Crippen molar-refractivity contribution in [3.63, 3.8) is 0 Å². The third-order valence-electron chi connectivity index (χ3n) is 2.63. The average molecular weight is 245 g/mol. The van der Waals surface area contributed by atoms with E-state index in [1.807, 2.05) is 6.07 Å². The smallest absolute Gasteiger partial charge is 0.147 e. The molecule has 3 N–H and O–H groups in total. The third-order valence-corrected chi connectivity index (χ3v) is 2.63. The SMILES string of the molecule is Cn1ncc(CNc2ccc(C#N)cc2F)c1N. The van der Waals surface area contributed by atoms with Crippen molar-refractivity contribution in [3.05, 3.63) is 41.3 Å². The maximum atomic E-state index is 13.6. The number of rotatable bonds is 3. The van der Waals surface area contributed by atoms with Gasteiger partial charge < -0.3 is 11.1 Å². The number of nitriles is 1. The number of aromatic nitrogens is 2. The van der Waals surface area contributed by atoms with Gasteiger partial charge in [-0.1, -0.05) is 0 Å². The van der Waals surface area contributed by atoms with Gasteiger partial charge in [0.05, 0.1) is 23.5 Å². The van der Waals surface area contributed by atoms with E-state index in [2.05, 4.69) is 10.4 Å². The molecule has 0 aliphatic carbocycles. The largest absolute Gasteiger partial charge is 0.384 e. The van der Waals surface area contributed by atoms with Gasteiger partial charge in [0.25, 0.3) is 0 Å². The molecular formula is C12H12FN5. The van der Waals surface area contributed by atoms with Crippen LogP contribution in [0.4, 0.5) is 15.9 Å². The maximum Gasteiger partial charge on any atom is 0.147 e. The zero-order valence-corrected chi connectivity index (χ0v) is 9.81. The Labute approximate surface area is 104 Å². The summed E-state index contributed by atoms with van der Waals surface area (Å²) >= 11 is 0. The molecule has 0 aliphatic rings. The van der Waals surface area contributed by atoms with Crippen molar-refractivity contribution < 1.29 is 4.39 Å². The molecule has 0 aliphatic heterocycles. The highest BCUT2D eigenvalue weighted by Gasteiger charge is 2.07. The Bertz CT molecular complexity index is 611. The zero-order chi connectivity index (χ0) is 13.1. The van der Waals surface area contributed by atoms with Gasteiger partial charge in [0.2, 0.25) is 0 Å². The van der Waals surface area contributed by atoms with E-state index in [1.165, 1.54) is 12.1 Å². The highest BCUT2D eigenvalue weighted by atomic mass is 19.1. The molecule has 0 radical (unpaired) electrons. The minimum Gasteiger partial charge on any atom is -0.384 e. The van der Waals surface area contributed by atoms with Crippen molar-refractivity contribution in [2.24, 2.45) is 7.05 Å². The molecular weight excluding hydrogens is 233 g/mol. The molecule has 0 saturated heterocycles. The lowest BCUT2D eigenvalue weighted by Gasteiger charge is -2.07. The number of hydrogen-bond donors (Lipinski definition) is 2. The first kappa shape index (κ1) is 11.9. The summed E-state index contributed by atoms with van der Waals surface area (Å²) in [4.78, 5) is 0. The van der Waals surface area contributed by atoms with E-state index in [1.54, 1.807) is 24.0 Å². The number of anilines is 2.